The summed E-state index contributed by atoms with van der Waals surface area (Å²) >= 11 is 0. The van der Waals surface area contributed by atoms with Gasteiger partial charge in [-0.3, -0.25) is 0 Å². The molecule has 3 heterocycles. The Bertz CT molecular complexity index is 1050. The number of benzene rings is 1. The first-order valence-corrected chi connectivity index (χ1v) is 12.2. The van der Waals surface area contributed by atoms with Crippen LogP contribution in [0.5, 0.6) is 5.75 Å². The van der Waals surface area contributed by atoms with E-state index in [0.29, 0.717) is 12.3 Å². The number of anilines is 1. The number of hydrogen-bond donors (Lipinski definition) is 1. The van der Waals surface area contributed by atoms with E-state index in [4.69, 9.17) is 9.47 Å². The van der Waals surface area contributed by atoms with Gasteiger partial charge in [0.05, 0.1) is 12.4 Å². The molecule has 2 aromatic rings. The number of imidazole rings is 1. The van der Waals surface area contributed by atoms with E-state index in [2.05, 4.69) is 10.3 Å². The molecule has 182 valence electrons. The Morgan fingerprint density at radius 1 is 1.27 bits per heavy atom. The van der Waals surface area contributed by atoms with Gasteiger partial charge in [-0.15, -0.1) is 0 Å². The van der Waals surface area contributed by atoms with Gasteiger partial charge in [-0.1, -0.05) is 6.07 Å². The smallest absolute Gasteiger partial charge is 0.422 e. The van der Waals surface area contributed by atoms with E-state index in [1.165, 1.54) is 29.0 Å². The van der Waals surface area contributed by atoms with Gasteiger partial charge < -0.3 is 19.4 Å². The van der Waals surface area contributed by atoms with Crippen molar-refractivity contribution in [3.8, 4) is 5.75 Å². The quantitative estimate of drug-likeness (QED) is 0.645. The maximum atomic E-state index is 13.2. The minimum atomic E-state index is -4.43. The van der Waals surface area contributed by atoms with Crippen LogP contribution < -0.4 is 10.1 Å². The lowest BCUT2D eigenvalue weighted by atomic mass is 9.91. The Hall–Kier alpha value is -2.31. The van der Waals surface area contributed by atoms with Crippen molar-refractivity contribution in [2.24, 2.45) is 13.0 Å². The molecule has 12 heteroatoms. The van der Waals surface area contributed by atoms with Crippen LogP contribution in [0.4, 0.5) is 18.9 Å². The lowest BCUT2D eigenvalue weighted by molar-refractivity contribution is -0.153. The first kappa shape index (κ1) is 23.8. The molecule has 0 amide bonds. The van der Waals surface area contributed by atoms with Crippen LogP contribution in [0.15, 0.2) is 41.8 Å². The molecule has 3 atom stereocenters. The number of aryl methyl sites for hydroxylation is 1. The van der Waals surface area contributed by atoms with E-state index in [1.807, 2.05) is 0 Å². The second-order valence-electron chi connectivity index (χ2n) is 8.45. The number of ether oxygens (including phenoxy) is 2. The number of aromatic nitrogens is 2. The highest BCUT2D eigenvalue weighted by Gasteiger charge is 2.44. The molecule has 1 N–H and O–H groups in total. The first-order valence-electron chi connectivity index (χ1n) is 10.8. The van der Waals surface area contributed by atoms with E-state index in [1.54, 1.807) is 23.7 Å². The minimum absolute atomic E-state index is 0.0171. The van der Waals surface area contributed by atoms with Gasteiger partial charge in [-0.25, -0.2) is 13.4 Å². The van der Waals surface area contributed by atoms with Crippen molar-refractivity contribution in [2.75, 3.05) is 31.6 Å². The molecule has 2 fully saturated rings. The number of rotatable bonds is 7. The van der Waals surface area contributed by atoms with E-state index >= 15 is 0 Å². The van der Waals surface area contributed by atoms with Crippen molar-refractivity contribution in [3.05, 3.63) is 36.8 Å². The molecule has 8 nitrogen and oxygen atoms in total. The van der Waals surface area contributed by atoms with Crippen molar-refractivity contribution < 1.29 is 31.1 Å². The fourth-order valence-corrected chi connectivity index (χ4v) is 5.80. The summed E-state index contributed by atoms with van der Waals surface area (Å²) in [6.07, 6.45) is 1.16. The monoisotopic (exact) mass is 488 g/mol. The molecule has 2 saturated heterocycles. The van der Waals surface area contributed by atoms with Crippen LogP contribution in [0.3, 0.4) is 0 Å². The Morgan fingerprint density at radius 2 is 2.09 bits per heavy atom. The third-order valence-corrected chi connectivity index (χ3v) is 7.62. The molecular formula is C21H27F3N4O4S. The highest BCUT2D eigenvalue weighted by molar-refractivity contribution is 7.89. The van der Waals surface area contributed by atoms with Crippen LogP contribution in [-0.4, -0.2) is 66.9 Å². The van der Waals surface area contributed by atoms with Crippen molar-refractivity contribution in [3.63, 3.8) is 0 Å². The fourth-order valence-electron chi connectivity index (χ4n) is 4.33. The van der Waals surface area contributed by atoms with Crippen molar-refractivity contribution in [1.82, 2.24) is 13.9 Å². The lowest BCUT2D eigenvalue weighted by Crippen LogP contribution is -2.39. The van der Waals surface area contributed by atoms with Gasteiger partial charge in [0.15, 0.2) is 11.6 Å². The molecule has 0 saturated carbocycles. The molecular weight excluding hydrogens is 461 g/mol. The van der Waals surface area contributed by atoms with Crippen LogP contribution in [0.25, 0.3) is 0 Å². The van der Waals surface area contributed by atoms with Crippen molar-refractivity contribution in [2.45, 2.75) is 42.6 Å². The third kappa shape index (κ3) is 5.79. The highest BCUT2D eigenvalue weighted by atomic mass is 32.2. The van der Waals surface area contributed by atoms with E-state index < -0.39 is 22.8 Å². The Kier molecular flexibility index (Phi) is 6.87. The summed E-state index contributed by atoms with van der Waals surface area (Å²) in [6.45, 7) is -0.293. The molecule has 2 aliphatic rings. The van der Waals surface area contributed by atoms with Gasteiger partial charge in [0.25, 0.3) is 10.0 Å². The van der Waals surface area contributed by atoms with Crippen LogP contribution in [-0.2, 0) is 21.8 Å². The molecule has 1 aromatic carbocycles. The van der Waals surface area contributed by atoms with Gasteiger partial charge in [0.2, 0.25) is 0 Å². The predicted octanol–water partition coefficient (Wildman–Crippen LogP) is 3.03. The molecule has 2 aliphatic heterocycles. The molecule has 0 spiro atoms. The summed E-state index contributed by atoms with van der Waals surface area (Å²) in [7, 11) is -2.09. The molecule has 0 radical (unpaired) electrons. The Morgan fingerprint density at radius 3 is 2.76 bits per heavy atom. The van der Waals surface area contributed by atoms with Gasteiger partial charge in [-0.05, 0) is 31.4 Å². The average Bonchev–Trinajstić information content (AvgIpc) is 3.40. The molecule has 33 heavy (non-hydrogen) atoms. The third-order valence-electron chi connectivity index (χ3n) is 5.90. The van der Waals surface area contributed by atoms with Crippen molar-refractivity contribution in [1.29, 1.82) is 0 Å². The summed E-state index contributed by atoms with van der Waals surface area (Å²) in [5.41, 5.74) is 0.553. The first-order chi connectivity index (χ1) is 15.6. The molecule has 4 rings (SSSR count). The summed E-state index contributed by atoms with van der Waals surface area (Å²) in [4.78, 5) is 4.00. The molecule has 0 aliphatic carbocycles. The Balaban J connectivity index is 1.53. The Labute approximate surface area is 190 Å². The zero-order valence-electron chi connectivity index (χ0n) is 18.2. The second kappa shape index (κ2) is 9.51. The zero-order valence-corrected chi connectivity index (χ0v) is 19.0. The highest BCUT2D eigenvalue weighted by Crippen LogP contribution is 2.33. The van der Waals surface area contributed by atoms with Crippen LogP contribution in [0, 0.1) is 5.92 Å². The predicted molar refractivity (Wildman–Crippen MR) is 114 cm³/mol. The van der Waals surface area contributed by atoms with Crippen LogP contribution >= 0.6 is 0 Å². The van der Waals surface area contributed by atoms with E-state index in [9.17, 15) is 21.6 Å². The standard InChI is InChI=1S/C21H27F3N4O4S/c1-27-12-20(25-14-27)33(29,30)28-10-17(19-7-2-3-8-31-19)18(11-28)26-15-5-4-6-16(9-15)32-13-21(22,23)24/h4-6,9,12,14,17-19,26H,2-3,7-8,10-11,13H2,1H3. The number of alkyl halides is 3. The number of nitrogens with zero attached hydrogens (tertiary/aromatic N) is 3. The molecule has 1 aromatic heterocycles. The van der Waals surface area contributed by atoms with Gasteiger partial charge in [0, 0.05) is 56.7 Å². The zero-order chi connectivity index (χ0) is 23.6. The van der Waals surface area contributed by atoms with E-state index in [0.717, 1.165) is 19.3 Å². The van der Waals surface area contributed by atoms with Crippen LogP contribution in [0.1, 0.15) is 19.3 Å². The van der Waals surface area contributed by atoms with Crippen LogP contribution in [0.2, 0.25) is 0 Å². The largest absolute Gasteiger partial charge is 0.484 e. The number of halogens is 3. The minimum Gasteiger partial charge on any atom is -0.484 e. The van der Waals surface area contributed by atoms with E-state index in [-0.39, 0.29) is 41.9 Å². The summed E-state index contributed by atoms with van der Waals surface area (Å²) < 4.78 is 77.6. The number of sulfonamides is 1. The number of nitrogens with one attached hydrogen (secondary N) is 1. The van der Waals surface area contributed by atoms with Gasteiger partial charge in [-0.2, -0.15) is 17.5 Å². The maximum Gasteiger partial charge on any atom is 0.422 e. The summed E-state index contributed by atoms with van der Waals surface area (Å²) in [6, 6.07) is 5.96. The molecule has 0 bridgehead atoms. The van der Waals surface area contributed by atoms with Gasteiger partial charge in [0.1, 0.15) is 5.75 Å². The lowest BCUT2D eigenvalue weighted by Gasteiger charge is -2.31. The summed E-state index contributed by atoms with van der Waals surface area (Å²) in [5, 5.41) is 3.29. The fraction of sp³-hybridized carbons (Fsp3) is 0.571. The summed E-state index contributed by atoms with van der Waals surface area (Å²) in [5.74, 6) is -0.0395. The molecule has 3 unspecified atom stereocenters. The SMILES string of the molecule is Cn1cnc(S(=O)(=O)N2CC(Nc3cccc(OCC(F)(F)F)c3)C(C3CCCCO3)C2)c1. The maximum absolute atomic E-state index is 13.2. The average molecular weight is 489 g/mol. The van der Waals surface area contributed by atoms with Gasteiger partial charge >= 0.3 is 6.18 Å². The van der Waals surface area contributed by atoms with Crippen molar-refractivity contribution >= 4 is 15.7 Å². The topological polar surface area (TPSA) is 85.7 Å². The number of hydrogen-bond acceptors (Lipinski definition) is 6. The normalized spacial score (nSPS) is 24.7. The second-order valence-corrected chi connectivity index (χ2v) is 10.3.